The summed E-state index contributed by atoms with van der Waals surface area (Å²) >= 11 is 12.1. The molecule has 0 radical (unpaired) electrons. The van der Waals surface area contributed by atoms with Crippen LogP contribution < -0.4 is 5.32 Å². The summed E-state index contributed by atoms with van der Waals surface area (Å²) in [7, 11) is 0. The molecule has 0 bridgehead atoms. The predicted octanol–water partition coefficient (Wildman–Crippen LogP) is 3.81. The van der Waals surface area contributed by atoms with Gasteiger partial charge in [0.25, 0.3) is 0 Å². The molecule has 0 fully saturated rings. The van der Waals surface area contributed by atoms with Gasteiger partial charge in [-0.25, -0.2) is 0 Å². The number of carbonyl (C=O) groups is 1. The van der Waals surface area contributed by atoms with Crippen molar-refractivity contribution in [2.45, 2.75) is 19.4 Å². The lowest BCUT2D eigenvalue weighted by Crippen LogP contribution is -2.28. The second kappa shape index (κ2) is 6.73. The van der Waals surface area contributed by atoms with Crippen LogP contribution >= 0.6 is 23.2 Å². The van der Waals surface area contributed by atoms with Crippen molar-refractivity contribution in [1.82, 2.24) is 10.3 Å². The highest BCUT2D eigenvalue weighted by molar-refractivity contribution is 6.36. The van der Waals surface area contributed by atoms with Crippen molar-refractivity contribution in [3.05, 3.63) is 63.9 Å². The number of nitrogens with zero attached hydrogens (tertiary/aromatic N) is 1. The fraction of sp³-hybridized carbons (Fsp3) is 0.200. The first-order chi connectivity index (χ1) is 9.58. The molecule has 0 saturated carbocycles. The Labute approximate surface area is 127 Å². The van der Waals surface area contributed by atoms with Gasteiger partial charge in [0.15, 0.2) is 0 Å². The first-order valence-corrected chi connectivity index (χ1v) is 6.96. The van der Waals surface area contributed by atoms with Crippen molar-refractivity contribution in [2.75, 3.05) is 0 Å². The maximum Gasteiger partial charge on any atom is 0.225 e. The summed E-state index contributed by atoms with van der Waals surface area (Å²) in [6.07, 6.45) is 1.85. The number of hydrogen-bond donors (Lipinski definition) is 1. The molecular formula is C15H14Cl2N2O. The van der Waals surface area contributed by atoms with E-state index in [2.05, 4.69) is 10.3 Å². The lowest BCUT2D eigenvalue weighted by Gasteiger charge is -2.14. The Morgan fingerprint density at radius 1 is 1.20 bits per heavy atom. The number of nitrogens with one attached hydrogen (secondary N) is 1. The van der Waals surface area contributed by atoms with Gasteiger partial charge in [-0.3, -0.25) is 9.78 Å². The molecule has 3 nitrogen and oxygen atoms in total. The van der Waals surface area contributed by atoms with E-state index in [0.717, 1.165) is 5.69 Å². The van der Waals surface area contributed by atoms with Gasteiger partial charge in [0.2, 0.25) is 5.91 Å². The number of benzene rings is 1. The lowest BCUT2D eigenvalue weighted by molar-refractivity contribution is -0.121. The molecule has 1 aromatic heterocycles. The quantitative estimate of drug-likeness (QED) is 0.933. The molecule has 1 aromatic carbocycles. The molecule has 2 rings (SSSR count). The summed E-state index contributed by atoms with van der Waals surface area (Å²) in [5.74, 6) is -0.141. The van der Waals surface area contributed by atoms with Crippen LogP contribution in [0.2, 0.25) is 10.0 Å². The number of rotatable bonds is 4. The predicted molar refractivity (Wildman–Crippen MR) is 81.0 cm³/mol. The van der Waals surface area contributed by atoms with Crippen LogP contribution in [-0.4, -0.2) is 10.9 Å². The van der Waals surface area contributed by atoms with E-state index in [4.69, 9.17) is 23.2 Å². The monoisotopic (exact) mass is 308 g/mol. The van der Waals surface area contributed by atoms with Crippen LogP contribution in [0.25, 0.3) is 0 Å². The number of hydrogen-bond acceptors (Lipinski definition) is 2. The van der Waals surface area contributed by atoms with Crippen LogP contribution in [0.5, 0.6) is 0 Å². The zero-order valence-electron chi connectivity index (χ0n) is 10.9. The van der Waals surface area contributed by atoms with Crippen molar-refractivity contribution in [3.63, 3.8) is 0 Å². The molecule has 5 heteroatoms. The molecular weight excluding hydrogens is 295 g/mol. The van der Waals surface area contributed by atoms with Gasteiger partial charge in [-0.15, -0.1) is 0 Å². The van der Waals surface area contributed by atoms with Crippen LogP contribution in [0.1, 0.15) is 24.2 Å². The van der Waals surface area contributed by atoms with Crippen LogP contribution in [0.15, 0.2) is 42.6 Å². The van der Waals surface area contributed by atoms with Crippen molar-refractivity contribution < 1.29 is 4.79 Å². The highest BCUT2D eigenvalue weighted by Crippen LogP contribution is 2.24. The van der Waals surface area contributed by atoms with Gasteiger partial charge in [0.1, 0.15) is 0 Å². The van der Waals surface area contributed by atoms with E-state index in [0.29, 0.717) is 15.6 Å². The normalized spacial score (nSPS) is 11.9. The van der Waals surface area contributed by atoms with Crippen LogP contribution in [0.4, 0.5) is 0 Å². The minimum Gasteiger partial charge on any atom is -0.348 e. The second-order valence-corrected chi connectivity index (χ2v) is 5.24. The molecule has 104 valence electrons. The summed E-state index contributed by atoms with van der Waals surface area (Å²) in [6.45, 7) is 1.88. The summed E-state index contributed by atoms with van der Waals surface area (Å²) in [4.78, 5) is 16.3. The zero-order valence-corrected chi connectivity index (χ0v) is 12.4. The Balaban J connectivity index is 2.03. The number of carbonyl (C=O) groups excluding carboxylic acids is 1. The number of aromatic nitrogens is 1. The van der Waals surface area contributed by atoms with Gasteiger partial charge in [0.05, 0.1) is 18.2 Å². The van der Waals surface area contributed by atoms with E-state index in [9.17, 15) is 4.79 Å². The Morgan fingerprint density at radius 3 is 2.50 bits per heavy atom. The first-order valence-electron chi connectivity index (χ1n) is 6.21. The maximum absolute atomic E-state index is 12.0. The third kappa shape index (κ3) is 3.71. The molecule has 0 unspecified atom stereocenters. The molecule has 0 spiro atoms. The molecule has 0 aliphatic carbocycles. The van der Waals surface area contributed by atoms with Gasteiger partial charge >= 0.3 is 0 Å². The third-order valence-corrected chi connectivity index (χ3v) is 3.62. The molecule has 1 heterocycles. The fourth-order valence-corrected chi connectivity index (χ4v) is 2.39. The minimum absolute atomic E-state index is 0.141. The summed E-state index contributed by atoms with van der Waals surface area (Å²) in [6, 6.07) is 10.6. The van der Waals surface area contributed by atoms with Gasteiger partial charge < -0.3 is 5.32 Å². The van der Waals surface area contributed by atoms with Crippen LogP contribution in [-0.2, 0) is 11.2 Å². The van der Waals surface area contributed by atoms with Gasteiger partial charge in [-0.1, -0.05) is 35.3 Å². The van der Waals surface area contributed by atoms with Gasteiger partial charge in [-0.2, -0.15) is 0 Å². The smallest absolute Gasteiger partial charge is 0.225 e. The molecule has 0 saturated heterocycles. The molecule has 0 aliphatic heterocycles. The Bertz CT molecular complexity index is 582. The van der Waals surface area contributed by atoms with Crippen molar-refractivity contribution in [2.24, 2.45) is 0 Å². The highest BCUT2D eigenvalue weighted by atomic mass is 35.5. The molecule has 2 aromatic rings. The van der Waals surface area contributed by atoms with Gasteiger partial charge in [0, 0.05) is 16.2 Å². The maximum atomic E-state index is 12.0. The SMILES string of the molecule is C[C@@H](NC(=O)Cc1c(Cl)cccc1Cl)c1ccccn1. The van der Waals surface area contributed by atoms with Crippen LogP contribution in [0, 0.1) is 0 Å². The third-order valence-electron chi connectivity index (χ3n) is 2.91. The zero-order chi connectivity index (χ0) is 14.5. The summed E-state index contributed by atoms with van der Waals surface area (Å²) < 4.78 is 0. The molecule has 1 atom stereocenters. The summed E-state index contributed by atoms with van der Waals surface area (Å²) in [5.41, 5.74) is 1.45. The summed E-state index contributed by atoms with van der Waals surface area (Å²) in [5, 5.41) is 3.88. The second-order valence-electron chi connectivity index (χ2n) is 4.42. The Hall–Kier alpha value is -1.58. The largest absolute Gasteiger partial charge is 0.348 e. The van der Waals surface area contributed by atoms with Crippen molar-refractivity contribution >= 4 is 29.1 Å². The Kier molecular flexibility index (Phi) is 4.99. The van der Waals surface area contributed by atoms with E-state index < -0.39 is 0 Å². The van der Waals surface area contributed by atoms with E-state index in [1.807, 2.05) is 25.1 Å². The molecule has 1 amide bonds. The molecule has 20 heavy (non-hydrogen) atoms. The number of amides is 1. The van der Waals surface area contributed by atoms with E-state index in [-0.39, 0.29) is 18.4 Å². The number of halogens is 2. The van der Waals surface area contributed by atoms with Gasteiger partial charge in [-0.05, 0) is 36.8 Å². The fourth-order valence-electron chi connectivity index (χ4n) is 1.86. The molecule has 1 N–H and O–H groups in total. The standard InChI is InChI=1S/C15H14Cl2N2O/c1-10(14-7-2-3-8-18-14)19-15(20)9-11-12(16)5-4-6-13(11)17/h2-8,10H,9H2,1H3,(H,19,20)/t10-/m1/s1. The van der Waals surface area contributed by atoms with E-state index in [1.165, 1.54) is 0 Å². The molecule has 0 aliphatic rings. The average molecular weight is 309 g/mol. The highest BCUT2D eigenvalue weighted by Gasteiger charge is 2.14. The minimum atomic E-state index is -0.162. The van der Waals surface area contributed by atoms with E-state index in [1.54, 1.807) is 24.4 Å². The lowest BCUT2D eigenvalue weighted by atomic mass is 10.1. The number of pyridine rings is 1. The van der Waals surface area contributed by atoms with E-state index >= 15 is 0 Å². The first kappa shape index (κ1) is 14.8. The van der Waals surface area contributed by atoms with Crippen LogP contribution in [0.3, 0.4) is 0 Å². The van der Waals surface area contributed by atoms with Crippen molar-refractivity contribution in [3.8, 4) is 0 Å². The average Bonchev–Trinajstić information content (AvgIpc) is 2.44. The topological polar surface area (TPSA) is 42.0 Å². The Morgan fingerprint density at radius 2 is 1.90 bits per heavy atom. The van der Waals surface area contributed by atoms with Crippen molar-refractivity contribution in [1.29, 1.82) is 0 Å².